The highest BCUT2D eigenvalue weighted by molar-refractivity contribution is 7.89. The number of halogens is 1. The largest absolute Gasteiger partial charge is 0.495 e. The normalized spacial score (nSPS) is 11.0. The van der Waals surface area contributed by atoms with Crippen molar-refractivity contribution in [3.8, 4) is 11.5 Å². The van der Waals surface area contributed by atoms with Gasteiger partial charge in [0.15, 0.2) is 11.6 Å². The van der Waals surface area contributed by atoms with E-state index in [-0.39, 0.29) is 28.5 Å². The van der Waals surface area contributed by atoms with Crippen molar-refractivity contribution in [2.24, 2.45) is 5.14 Å². The maximum atomic E-state index is 13.6. The first kappa shape index (κ1) is 18.7. The number of methoxy groups -OCH3 is 2. The molecule has 0 bridgehead atoms. The summed E-state index contributed by atoms with van der Waals surface area (Å²) >= 11 is 0. The van der Waals surface area contributed by atoms with E-state index in [1.165, 1.54) is 44.6 Å². The van der Waals surface area contributed by atoms with E-state index in [1.54, 1.807) is 6.07 Å². The molecule has 2 aromatic carbocycles. The van der Waals surface area contributed by atoms with Gasteiger partial charge in [-0.15, -0.1) is 0 Å². The third-order valence-electron chi connectivity index (χ3n) is 3.33. The number of primary sulfonamides is 1. The Kier molecular flexibility index (Phi) is 5.60. The molecule has 0 saturated heterocycles. The number of carbonyl (C=O) groups is 1. The zero-order valence-corrected chi connectivity index (χ0v) is 14.4. The molecule has 0 aliphatic heterocycles. The predicted octanol–water partition coefficient (Wildman–Crippen LogP) is 1.67. The summed E-state index contributed by atoms with van der Waals surface area (Å²) in [4.78, 5) is 11.8. The molecule has 0 fully saturated rings. The van der Waals surface area contributed by atoms with Crippen molar-refractivity contribution < 1.29 is 27.1 Å². The van der Waals surface area contributed by atoms with Crippen molar-refractivity contribution in [2.75, 3.05) is 19.5 Å². The van der Waals surface area contributed by atoms with E-state index in [9.17, 15) is 17.6 Å². The van der Waals surface area contributed by atoms with Gasteiger partial charge in [0.2, 0.25) is 15.9 Å². The molecule has 3 N–H and O–H groups in total. The topological polar surface area (TPSA) is 108 Å². The van der Waals surface area contributed by atoms with Gasteiger partial charge < -0.3 is 14.8 Å². The number of nitrogens with two attached hydrogens (primary N) is 1. The Morgan fingerprint density at radius 3 is 2.32 bits per heavy atom. The lowest BCUT2D eigenvalue weighted by atomic mass is 10.1. The number of sulfonamides is 1. The maximum absolute atomic E-state index is 13.6. The number of hydrogen-bond donors (Lipinski definition) is 2. The minimum absolute atomic E-state index is 0.0673. The highest BCUT2D eigenvalue weighted by Gasteiger charge is 2.16. The molecule has 0 aromatic heterocycles. The van der Waals surface area contributed by atoms with Crippen LogP contribution in [0.3, 0.4) is 0 Å². The number of hydrogen-bond acceptors (Lipinski definition) is 5. The number of ether oxygens (including phenoxy) is 2. The number of carbonyl (C=O) groups excluding carboxylic acids is 1. The van der Waals surface area contributed by atoms with Crippen LogP contribution in [0.1, 0.15) is 5.56 Å². The molecule has 0 aliphatic carbocycles. The molecule has 0 unspecified atom stereocenters. The van der Waals surface area contributed by atoms with Crippen molar-refractivity contribution in [1.29, 1.82) is 0 Å². The molecule has 0 aliphatic rings. The second-order valence-electron chi connectivity index (χ2n) is 5.10. The van der Waals surface area contributed by atoms with Gasteiger partial charge >= 0.3 is 0 Å². The summed E-state index contributed by atoms with van der Waals surface area (Å²) < 4.78 is 46.5. The Morgan fingerprint density at radius 1 is 1.12 bits per heavy atom. The zero-order valence-electron chi connectivity index (χ0n) is 13.6. The van der Waals surface area contributed by atoms with E-state index >= 15 is 0 Å². The molecule has 0 saturated carbocycles. The first-order valence-corrected chi connectivity index (χ1v) is 8.62. The van der Waals surface area contributed by atoms with Gasteiger partial charge in [0.1, 0.15) is 10.6 Å². The summed E-state index contributed by atoms with van der Waals surface area (Å²) in [5.41, 5.74) is 0.666. The van der Waals surface area contributed by atoms with E-state index in [0.717, 1.165) is 0 Å². The van der Waals surface area contributed by atoms with Crippen LogP contribution in [0.4, 0.5) is 10.1 Å². The van der Waals surface area contributed by atoms with E-state index in [2.05, 4.69) is 5.32 Å². The summed E-state index contributed by atoms with van der Waals surface area (Å²) in [6, 6.07) is 8.22. The third kappa shape index (κ3) is 4.68. The Hall–Kier alpha value is -2.65. The summed E-state index contributed by atoms with van der Waals surface area (Å²) in [5.74, 6) is -0.876. The lowest BCUT2D eigenvalue weighted by Gasteiger charge is -2.10. The van der Waals surface area contributed by atoms with Crippen LogP contribution in [-0.2, 0) is 21.2 Å². The molecule has 134 valence electrons. The predicted molar refractivity (Wildman–Crippen MR) is 89.7 cm³/mol. The van der Waals surface area contributed by atoms with Gasteiger partial charge in [-0.05, 0) is 35.9 Å². The van der Waals surface area contributed by atoms with Crippen molar-refractivity contribution in [1.82, 2.24) is 0 Å². The third-order valence-corrected chi connectivity index (χ3v) is 4.27. The van der Waals surface area contributed by atoms with Gasteiger partial charge in [-0.25, -0.2) is 17.9 Å². The van der Waals surface area contributed by atoms with Crippen molar-refractivity contribution in [3.63, 3.8) is 0 Å². The van der Waals surface area contributed by atoms with E-state index in [1.807, 2.05) is 0 Å². The summed E-state index contributed by atoms with van der Waals surface area (Å²) in [7, 11) is -1.37. The van der Waals surface area contributed by atoms with Crippen LogP contribution in [0.2, 0.25) is 0 Å². The lowest BCUT2D eigenvalue weighted by molar-refractivity contribution is -0.115. The van der Waals surface area contributed by atoms with Gasteiger partial charge in [0.25, 0.3) is 0 Å². The van der Waals surface area contributed by atoms with Gasteiger partial charge in [-0.3, -0.25) is 4.79 Å². The molecule has 0 radical (unpaired) electrons. The Balaban J connectivity index is 2.17. The Morgan fingerprint density at radius 2 is 1.76 bits per heavy atom. The standard InChI is InChI=1S/C16H17FN2O5S/c1-23-13-5-3-10(7-12(13)17)8-16(20)19-11-4-6-14(24-2)15(9-11)25(18,21)22/h3-7,9H,8H2,1-2H3,(H,19,20)(H2,18,21,22). The fourth-order valence-corrected chi connectivity index (χ4v) is 2.91. The van der Waals surface area contributed by atoms with Gasteiger partial charge in [0.05, 0.1) is 20.6 Å². The Labute approximate surface area is 144 Å². The molecule has 7 nitrogen and oxygen atoms in total. The van der Waals surface area contributed by atoms with Crippen LogP contribution in [0.5, 0.6) is 11.5 Å². The van der Waals surface area contributed by atoms with Crippen LogP contribution in [0, 0.1) is 5.82 Å². The molecular weight excluding hydrogens is 351 g/mol. The van der Waals surface area contributed by atoms with Crippen LogP contribution >= 0.6 is 0 Å². The quantitative estimate of drug-likeness (QED) is 0.806. The second kappa shape index (κ2) is 7.49. The molecule has 2 aromatic rings. The van der Waals surface area contributed by atoms with Gasteiger partial charge in [0, 0.05) is 5.69 Å². The van der Waals surface area contributed by atoms with Gasteiger partial charge in [-0.1, -0.05) is 6.07 Å². The fourth-order valence-electron chi connectivity index (χ4n) is 2.19. The average Bonchev–Trinajstić information content (AvgIpc) is 2.54. The monoisotopic (exact) mass is 368 g/mol. The number of amides is 1. The number of nitrogens with one attached hydrogen (secondary N) is 1. The van der Waals surface area contributed by atoms with Crippen molar-refractivity contribution in [3.05, 3.63) is 47.8 Å². The lowest BCUT2D eigenvalue weighted by Crippen LogP contribution is -2.17. The minimum atomic E-state index is -4.02. The molecule has 0 spiro atoms. The summed E-state index contributed by atoms with van der Waals surface area (Å²) in [5, 5.41) is 7.66. The van der Waals surface area contributed by atoms with E-state index in [4.69, 9.17) is 14.6 Å². The number of rotatable bonds is 6. The first-order chi connectivity index (χ1) is 11.7. The van der Waals surface area contributed by atoms with Crippen LogP contribution in [0.15, 0.2) is 41.3 Å². The Bertz CT molecular complexity index is 899. The van der Waals surface area contributed by atoms with Crippen molar-refractivity contribution in [2.45, 2.75) is 11.3 Å². The summed E-state index contributed by atoms with van der Waals surface area (Å²) in [6.07, 6.45) is -0.0996. The van der Waals surface area contributed by atoms with Crippen LogP contribution in [0.25, 0.3) is 0 Å². The number of anilines is 1. The molecule has 2 rings (SSSR count). The average molecular weight is 368 g/mol. The van der Waals surface area contributed by atoms with E-state index in [0.29, 0.717) is 5.56 Å². The second-order valence-corrected chi connectivity index (χ2v) is 6.63. The number of benzene rings is 2. The van der Waals surface area contributed by atoms with E-state index < -0.39 is 21.7 Å². The molecule has 0 atom stereocenters. The van der Waals surface area contributed by atoms with Crippen LogP contribution < -0.4 is 19.9 Å². The molecule has 0 heterocycles. The van der Waals surface area contributed by atoms with Crippen molar-refractivity contribution >= 4 is 21.6 Å². The van der Waals surface area contributed by atoms with Crippen LogP contribution in [-0.4, -0.2) is 28.5 Å². The smallest absolute Gasteiger partial charge is 0.241 e. The van der Waals surface area contributed by atoms with Gasteiger partial charge in [-0.2, -0.15) is 0 Å². The highest BCUT2D eigenvalue weighted by atomic mass is 32.2. The fraction of sp³-hybridized carbons (Fsp3) is 0.188. The first-order valence-electron chi connectivity index (χ1n) is 7.07. The summed E-state index contributed by atoms with van der Waals surface area (Å²) in [6.45, 7) is 0. The SMILES string of the molecule is COc1ccc(CC(=O)Nc2ccc(OC)c(S(N)(=O)=O)c2)cc1F. The molecule has 9 heteroatoms. The highest BCUT2D eigenvalue weighted by Crippen LogP contribution is 2.26. The zero-order chi connectivity index (χ0) is 18.6. The minimum Gasteiger partial charge on any atom is -0.495 e. The maximum Gasteiger partial charge on any atom is 0.241 e. The molecule has 25 heavy (non-hydrogen) atoms. The molecule has 1 amide bonds. The molecular formula is C16H17FN2O5S.